The van der Waals surface area contributed by atoms with Gasteiger partial charge in [0.1, 0.15) is 22.4 Å². The van der Waals surface area contributed by atoms with E-state index in [1.54, 1.807) is 0 Å². The Morgan fingerprint density at radius 1 is 1.04 bits per heavy atom. The van der Waals surface area contributed by atoms with Crippen LogP contribution in [0.15, 0.2) is 0 Å². The maximum absolute atomic E-state index is 13.4. The van der Waals surface area contributed by atoms with Crippen LogP contribution >= 0.6 is 7.60 Å². The van der Waals surface area contributed by atoms with Gasteiger partial charge in [0.15, 0.2) is 0 Å². The topological polar surface area (TPSA) is 76.0 Å². The third kappa shape index (κ3) is 3.65. The van der Waals surface area contributed by atoms with Gasteiger partial charge in [0.05, 0.1) is 13.2 Å². The van der Waals surface area contributed by atoms with Crippen LogP contribution in [0.2, 0.25) is 0 Å². The van der Waals surface area contributed by atoms with Crippen LogP contribution in [-0.2, 0) is 26.2 Å². The second-order valence-corrected chi connectivity index (χ2v) is 6.67. The number of hydrogen-bond acceptors (Lipinski definition) is 5. The molecule has 0 aromatic heterocycles. The number of aromatic hydroxyl groups is 2. The summed E-state index contributed by atoms with van der Waals surface area (Å²) in [6.07, 6.45) is -4.99. The fourth-order valence-electron chi connectivity index (χ4n) is 2.35. The van der Waals surface area contributed by atoms with Crippen LogP contribution in [-0.4, -0.2) is 23.4 Å². The van der Waals surface area contributed by atoms with Gasteiger partial charge in [-0.2, -0.15) is 13.2 Å². The Labute approximate surface area is 132 Å². The minimum atomic E-state index is -5.04. The third-order valence-electron chi connectivity index (χ3n) is 3.30. The summed E-state index contributed by atoms with van der Waals surface area (Å²) in [6, 6.07) is 0. The molecular weight excluding hydrogens is 336 g/mol. The first-order valence-corrected chi connectivity index (χ1v) is 8.63. The van der Waals surface area contributed by atoms with Crippen molar-refractivity contribution in [2.24, 2.45) is 0 Å². The number of alkyl halides is 3. The molecule has 9 heteroatoms. The number of rotatable bonds is 6. The molecule has 0 amide bonds. The van der Waals surface area contributed by atoms with Crippen LogP contribution in [0, 0.1) is 6.92 Å². The predicted octanol–water partition coefficient (Wildman–Crippen LogP) is 3.88. The molecule has 0 aliphatic rings. The van der Waals surface area contributed by atoms with Crippen LogP contribution in [0.25, 0.3) is 0 Å². The van der Waals surface area contributed by atoms with Crippen LogP contribution in [0.1, 0.15) is 37.5 Å². The van der Waals surface area contributed by atoms with Crippen LogP contribution in [0.5, 0.6) is 11.5 Å². The minimum absolute atomic E-state index is 0.00707. The first kappa shape index (κ1) is 19.8. The van der Waals surface area contributed by atoms with Gasteiger partial charge in [-0.3, -0.25) is 4.57 Å². The molecule has 132 valence electrons. The SMILES string of the molecule is CCOP(=O)(OCC)c1c(O)c(C)c(CC)c(O)c1C(F)(F)F. The zero-order valence-electron chi connectivity index (χ0n) is 13.3. The van der Waals surface area contributed by atoms with Crippen molar-refractivity contribution >= 4 is 12.9 Å². The molecular formula is C14H20F3O5P. The van der Waals surface area contributed by atoms with Gasteiger partial charge < -0.3 is 19.3 Å². The number of phenolic OH excluding ortho intramolecular Hbond substituents is 2. The Balaban J connectivity index is 3.94. The molecule has 0 unspecified atom stereocenters. The standard InChI is InChI=1S/C14H20F3O5P/c1-5-9-8(4)11(18)13(10(12(9)19)14(15,16)17)23(20,21-6-2)22-7-3/h18-19H,5-7H2,1-4H3. The summed E-state index contributed by atoms with van der Waals surface area (Å²) in [4.78, 5) is 0. The van der Waals surface area contributed by atoms with E-state index in [2.05, 4.69) is 0 Å². The molecule has 1 aromatic rings. The summed E-state index contributed by atoms with van der Waals surface area (Å²) in [6.45, 7) is 5.35. The quantitative estimate of drug-likeness (QED) is 0.598. The highest BCUT2D eigenvalue weighted by atomic mass is 31.2. The van der Waals surface area contributed by atoms with Crippen LogP contribution < -0.4 is 5.30 Å². The smallest absolute Gasteiger partial charge is 0.421 e. The summed E-state index contributed by atoms with van der Waals surface area (Å²) in [5, 5.41) is 19.2. The van der Waals surface area contributed by atoms with E-state index >= 15 is 0 Å². The van der Waals surface area contributed by atoms with Gasteiger partial charge in [-0.05, 0) is 32.8 Å². The molecule has 1 rings (SSSR count). The monoisotopic (exact) mass is 356 g/mol. The number of hydrogen-bond donors (Lipinski definition) is 2. The van der Waals surface area contributed by atoms with E-state index in [1.807, 2.05) is 0 Å². The van der Waals surface area contributed by atoms with Crippen molar-refractivity contribution in [2.45, 2.75) is 40.3 Å². The lowest BCUT2D eigenvalue weighted by atomic mass is 9.99. The molecule has 23 heavy (non-hydrogen) atoms. The Morgan fingerprint density at radius 3 is 1.87 bits per heavy atom. The minimum Gasteiger partial charge on any atom is -0.507 e. The van der Waals surface area contributed by atoms with E-state index in [9.17, 15) is 27.9 Å². The van der Waals surface area contributed by atoms with Gasteiger partial charge in [-0.1, -0.05) is 6.92 Å². The van der Waals surface area contributed by atoms with E-state index < -0.39 is 36.1 Å². The zero-order chi connectivity index (χ0) is 18.0. The highest BCUT2D eigenvalue weighted by Gasteiger charge is 2.47. The molecule has 0 aliphatic carbocycles. The van der Waals surface area contributed by atoms with E-state index in [0.717, 1.165) is 0 Å². The van der Waals surface area contributed by atoms with Gasteiger partial charge >= 0.3 is 13.8 Å². The molecule has 0 saturated carbocycles. The molecule has 0 fully saturated rings. The summed E-state index contributed by atoms with van der Waals surface area (Å²) < 4.78 is 63.0. The molecule has 5 nitrogen and oxygen atoms in total. The first-order valence-electron chi connectivity index (χ1n) is 7.09. The number of halogens is 3. The third-order valence-corrected chi connectivity index (χ3v) is 5.48. The van der Waals surface area contributed by atoms with Gasteiger partial charge in [-0.15, -0.1) is 0 Å². The van der Waals surface area contributed by atoms with Crippen molar-refractivity contribution in [2.75, 3.05) is 13.2 Å². The van der Waals surface area contributed by atoms with Crippen LogP contribution in [0.3, 0.4) is 0 Å². The molecule has 0 aliphatic heterocycles. The van der Waals surface area contributed by atoms with Crippen molar-refractivity contribution in [3.8, 4) is 11.5 Å². The van der Waals surface area contributed by atoms with E-state index in [4.69, 9.17) is 9.05 Å². The first-order chi connectivity index (χ1) is 10.5. The summed E-state index contributed by atoms with van der Waals surface area (Å²) >= 11 is 0. The van der Waals surface area contributed by atoms with Crippen molar-refractivity contribution < 1.29 is 37.0 Å². The maximum Gasteiger partial charge on any atom is 0.421 e. The molecule has 0 heterocycles. The van der Waals surface area contributed by atoms with Crippen molar-refractivity contribution in [1.29, 1.82) is 0 Å². The Morgan fingerprint density at radius 2 is 1.52 bits per heavy atom. The Bertz CT molecular complexity index is 618. The summed E-state index contributed by atoms with van der Waals surface area (Å²) in [5.74, 6) is -1.90. The molecule has 0 atom stereocenters. The van der Waals surface area contributed by atoms with Gasteiger partial charge in [0, 0.05) is 5.56 Å². The Kier molecular flexibility index (Phi) is 6.12. The largest absolute Gasteiger partial charge is 0.507 e. The van der Waals surface area contributed by atoms with Crippen molar-refractivity contribution in [1.82, 2.24) is 0 Å². The number of benzene rings is 1. The average molecular weight is 356 g/mol. The molecule has 0 saturated heterocycles. The van der Waals surface area contributed by atoms with Crippen LogP contribution in [0.4, 0.5) is 13.2 Å². The molecule has 0 bridgehead atoms. The fourth-order valence-corrected chi connectivity index (χ4v) is 4.30. The average Bonchev–Trinajstić information content (AvgIpc) is 2.42. The molecule has 2 N–H and O–H groups in total. The molecule has 0 spiro atoms. The normalized spacial score (nSPS) is 12.7. The highest BCUT2D eigenvalue weighted by Crippen LogP contribution is 2.55. The van der Waals surface area contributed by atoms with E-state index in [0.29, 0.717) is 0 Å². The molecule has 0 radical (unpaired) electrons. The lowest BCUT2D eigenvalue weighted by Crippen LogP contribution is -2.24. The van der Waals surface area contributed by atoms with Gasteiger partial charge in [0.25, 0.3) is 0 Å². The van der Waals surface area contributed by atoms with Gasteiger partial charge in [0.2, 0.25) is 0 Å². The van der Waals surface area contributed by atoms with E-state index in [-0.39, 0.29) is 30.8 Å². The lowest BCUT2D eigenvalue weighted by molar-refractivity contribution is -0.138. The second-order valence-electron chi connectivity index (χ2n) is 4.71. The number of phenols is 2. The second kappa shape index (κ2) is 7.11. The van der Waals surface area contributed by atoms with Gasteiger partial charge in [-0.25, -0.2) is 0 Å². The zero-order valence-corrected chi connectivity index (χ0v) is 14.2. The summed E-state index contributed by atoms with van der Waals surface area (Å²) in [5.41, 5.74) is -1.64. The lowest BCUT2D eigenvalue weighted by Gasteiger charge is -2.25. The van der Waals surface area contributed by atoms with Crippen molar-refractivity contribution in [3.05, 3.63) is 16.7 Å². The summed E-state index contributed by atoms with van der Waals surface area (Å²) in [7, 11) is -4.46. The highest BCUT2D eigenvalue weighted by molar-refractivity contribution is 7.62. The maximum atomic E-state index is 13.4. The fraction of sp³-hybridized carbons (Fsp3) is 0.571. The van der Waals surface area contributed by atoms with Crippen molar-refractivity contribution in [3.63, 3.8) is 0 Å². The predicted molar refractivity (Wildman–Crippen MR) is 79.4 cm³/mol. The van der Waals surface area contributed by atoms with E-state index in [1.165, 1.54) is 27.7 Å². The molecule has 1 aromatic carbocycles. The Hall–Kier alpha value is -1.24.